The Labute approximate surface area is 116 Å². The van der Waals surface area contributed by atoms with E-state index in [4.69, 9.17) is 0 Å². The van der Waals surface area contributed by atoms with E-state index in [-0.39, 0.29) is 5.41 Å². The largest absolute Gasteiger partial charge is 0.508 e. The van der Waals surface area contributed by atoms with Gasteiger partial charge in [0.15, 0.2) is 0 Å². The van der Waals surface area contributed by atoms with E-state index >= 15 is 0 Å². The molecule has 2 nitrogen and oxygen atoms in total. The number of nitrogens with zero attached hydrogens (tertiary/aromatic N) is 1. The molecule has 2 rings (SSSR count). The summed E-state index contributed by atoms with van der Waals surface area (Å²) in [7, 11) is 0. The maximum absolute atomic E-state index is 9.58. The van der Waals surface area contributed by atoms with Crippen molar-refractivity contribution in [2.45, 2.75) is 46.0 Å². The van der Waals surface area contributed by atoms with Gasteiger partial charge in [-0.3, -0.25) is 0 Å². The number of hydrogen-bond donors (Lipinski definition) is 1. The molecule has 0 spiro atoms. The van der Waals surface area contributed by atoms with Crippen LogP contribution in [-0.2, 0) is 6.42 Å². The van der Waals surface area contributed by atoms with Crippen molar-refractivity contribution in [1.29, 1.82) is 5.26 Å². The Kier molecular flexibility index (Phi) is 4.14. The van der Waals surface area contributed by atoms with Gasteiger partial charge in [-0.05, 0) is 61.6 Å². The molecule has 1 fully saturated rings. The van der Waals surface area contributed by atoms with Gasteiger partial charge in [-0.2, -0.15) is 5.26 Å². The maximum Gasteiger partial charge on any atom is 0.115 e. The summed E-state index contributed by atoms with van der Waals surface area (Å²) in [5.41, 5.74) is 0.851. The van der Waals surface area contributed by atoms with E-state index in [0.29, 0.717) is 5.75 Å². The molecule has 0 unspecified atom stereocenters. The lowest BCUT2D eigenvalue weighted by molar-refractivity contribution is 0.175. The Morgan fingerprint density at radius 2 is 2.05 bits per heavy atom. The van der Waals surface area contributed by atoms with Crippen LogP contribution in [0.4, 0.5) is 0 Å². The average Bonchev–Trinajstić information content (AvgIpc) is 2.39. The second-order valence-corrected chi connectivity index (χ2v) is 6.32. The zero-order chi connectivity index (χ0) is 13.9. The highest BCUT2D eigenvalue weighted by Crippen LogP contribution is 2.43. The van der Waals surface area contributed by atoms with Crippen molar-refractivity contribution in [2.75, 3.05) is 0 Å². The molecule has 1 aromatic carbocycles. The fraction of sp³-hybridized carbons (Fsp3) is 0.588. The van der Waals surface area contributed by atoms with Gasteiger partial charge >= 0.3 is 0 Å². The molecule has 19 heavy (non-hydrogen) atoms. The summed E-state index contributed by atoms with van der Waals surface area (Å²) < 4.78 is 0. The van der Waals surface area contributed by atoms with Gasteiger partial charge in [-0.25, -0.2) is 0 Å². The van der Waals surface area contributed by atoms with E-state index in [1.165, 1.54) is 0 Å². The number of benzene rings is 1. The number of rotatable bonds is 3. The van der Waals surface area contributed by atoms with Crippen molar-refractivity contribution in [3.8, 4) is 11.8 Å². The van der Waals surface area contributed by atoms with Gasteiger partial charge in [-0.1, -0.05) is 26.0 Å². The minimum Gasteiger partial charge on any atom is -0.508 e. The van der Waals surface area contributed by atoms with Crippen LogP contribution in [0.1, 0.15) is 45.1 Å². The first-order valence-electron chi connectivity index (χ1n) is 7.24. The molecule has 0 aromatic heterocycles. The Morgan fingerprint density at radius 3 is 2.58 bits per heavy atom. The predicted molar refractivity (Wildman–Crippen MR) is 76.7 cm³/mol. The second kappa shape index (κ2) is 5.65. The number of hydrogen-bond acceptors (Lipinski definition) is 2. The summed E-state index contributed by atoms with van der Waals surface area (Å²) in [6.07, 6.45) is 5.06. The van der Waals surface area contributed by atoms with Crippen molar-refractivity contribution < 1.29 is 5.11 Å². The van der Waals surface area contributed by atoms with Gasteiger partial charge in [0.25, 0.3) is 0 Å². The van der Waals surface area contributed by atoms with Gasteiger partial charge in [0.05, 0.1) is 11.5 Å². The molecule has 0 heterocycles. The van der Waals surface area contributed by atoms with Crippen LogP contribution < -0.4 is 0 Å². The van der Waals surface area contributed by atoms with E-state index in [1.54, 1.807) is 12.1 Å². The van der Waals surface area contributed by atoms with Gasteiger partial charge in [0, 0.05) is 0 Å². The average molecular weight is 257 g/mol. The van der Waals surface area contributed by atoms with Crippen molar-refractivity contribution in [1.82, 2.24) is 0 Å². The lowest BCUT2D eigenvalue weighted by Gasteiger charge is -2.36. The standard InChI is InChI=1S/C17H23NO/c1-13(2)15-6-8-17(12-18,9-7-15)11-14-4-3-5-16(19)10-14/h3-5,10,13,15,19H,6-9,11H2,1-2H3. The van der Waals surface area contributed by atoms with E-state index in [0.717, 1.165) is 49.5 Å². The van der Waals surface area contributed by atoms with Crippen molar-refractivity contribution in [3.63, 3.8) is 0 Å². The Balaban J connectivity index is 2.07. The fourth-order valence-corrected chi connectivity index (χ4v) is 3.24. The first-order valence-corrected chi connectivity index (χ1v) is 7.24. The lowest BCUT2D eigenvalue weighted by Crippen LogP contribution is -2.30. The number of nitriles is 1. The van der Waals surface area contributed by atoms with Crippen LogP contribution in [-0.4, -0.2) is 5.11 Å². The summed E-state index contributed by atoms with van der Waals surface area (Å²) in [5.74, 6) is 1.78. The van der Waals surface area contributed by atoms with Crippen LogP contribution in [0.15, 0.2) is 24.3 Å². The number of phenolic OH excluding ortho intramolecular Hbond substituents is 1. The predicted octanol–water partition coefficient (Wildman–Crippen LogP) is 4.29. The monoisotopic (exact) mass is 257 g/mol. The Bertz CT molecular complexity index is 464. The summed E-state index contributed by atoms with van der Waals surface area (Å²) in [6, 6.07) is 9.89. The van der Waals surface area contributed by atoms with Crippen LogP contribution in [0.5, 0.6) is 5.75 Å². The minimum atomic E-state index is -0.223. The summed E-state index contributed by atoms with van der Waals surface area (Å²) in [4.78, 5) is 0. The third-order valence-electron chi connectivity index (χ3n) is 4.62. The van der Waals surface area contributed by atoms with E-state index in [9.17, 15) is 10.4 Å². The van der Waals surface area contributed by atoms with E-state index < -0.39 is 0 Å². The SMILES string of the molecule is CC(C)C1CCC(C#N)(Cc2cccc(O)c2)CC1. The van der Waals surface area contributed by atoms with Gasteiger partial charge in [0.2, 0.25) is 0 Å². The molecule has 1 aliphatic carbocycles. The number of phenols is 1. The molecule has 1 aliphatic rings. The number of aromatic hydroxyl groups is 1. The summed E-state index contributed by atoms with van der Waals surface area (Å²) in [5, 5.41) is 19.1. The minimum absolute atomic E-state index is 0.223. The molecule has 2 heteroatoms. The molecular weight excluding hydrogens is 234 g/mol. The van der Waals surface area contributed by atoms with Gasteiger partial charge < -0.3 is 5.11 Å². The summed E-state index contributed by atoms with van der Waals surface area (Å²) in [6.45, 7) is 4.55. The first-order chi connectivity index (χ1) is 9.04. The highest BCUT2D eigenvalue weighted by atomic mass is 16.3. The van der Waals surface area contributed by atoms with Crippen molar-refractivity contribution in [2.24, 2.45) is 17.3 Å². The molecule has 1 saturated carbocycles. The molecule has 0 atom stereocenters. The highest BCUT2D eigenvalue weighted by molar-refractivity contribution is 5.29. The lowest BCUT2D eigenvalue weighted by atomic mass is 9.66. The molecule has 102 valence electrons. The third kappa shape index (κ3) is 3.29. The van der Waals surface area contributed by atoms with Gasteiger partial charge in [0.1, 0.15) is 5.75 Å². The molecule has 0 amide bonds. The molecule has 1 aromatic rings. The Morgan fingerprint density at radius 1 is 1.37 bits per heavy atom. The second-order valence-electron chi connectivity index (χ2n) is 6.32. The zero-order valence-electron chi connectivity index (χ0n) is 11.9. The van der Waals surface area contributed by atoms with Gasteiger partial charge in [-0.15, -0.1) is 0 Å². The highest BCUT2D eigenvalue weighted by Gasteiger charge is 2.36. The fourth-order valence-electron chi connectivity index (χ4n) is 3.24. The maximum atomic E-state index is 9.58. The first kappa shape index (κ1) is 13.9. The molecule has 0 radical (unpaired) electrons. The topological polar surface area (TPSA) is 44.0 Å². The molecule has 0 saturated heterocycles. The van der Waals surface area contributed by atoms with Crippen molar-refractivity contribution in [3.05, 3.63) is 29.8 Å². The van der Waals surface area contributed by atoms with Crippen LogP contribution in [0, 0.1) is 28.6 Å². The molecular formula is C17H23NO. The molecule has 1 N–H and O–H groups in total. The Hall–Kier alpha value is -1.49. The van der Waals surface area contributed by atoms with Crippen LogP contribution in [0.2, 0.25) is 0 Å². The van der Waals surface area contributed by atoms with Crippen LogP contribution >= 0.6 is 0 Å². The van der Waals surface area contributed by atoms with Crippen LogP contribution in [0.25, 0.3) is 0 Å². The van der Waals surface area contributed by atoms with Crippen molar-refractivity contribution >= 4 is 0 Å². The summed E-state index contributed by atoms with van der Waals surface area (Å²) >= 11 is 0. The quantitative estimate of drug-likeness (QED) is 0.877. The smallest absolute Gasteiger partial charge is 0.115 e. The third-order valence-corrected chi connectivity index (χ3v) is 4.62. The van der Waals surface area contributed by atoms with E-state index in [2.05, 4.69) is 19.9 Å². The molecule has 0 bridgehead atoms. The zero-order valence-corrected chi connectivity index (χ0v) is 11.9. The normalized spacial score (nSPS) is 27.2. The van der Waals surface area contributed by atoms with Crippen LogP contribution in [0.3, 0.4) is 0 Å². The van der Waals surface area contributed by atoms with E-state index in [1.807, 2.05) is 12.1 Å². The molecule has 0 aliphatic heterocycles.